The van der Waals surface area contributed by atoms with E-state index in [-0.39, 0.29) is 6.42 Å². The lowest BCUT2D eigenvalue weighted by molar-refractivity contribution is -0.137. The highest BCUT2D eigenvalue weighted by Gasteiger charge is 2.10. The molecule has 0 heterocycles. The van der Waals surface area contributed by atoms with Gasteiger partial charge >= 0.3 is 5.97 Å². The summed E-state index contributed by atoms with van der Waals surface area (Å²) in [4.78, 5) is 10.5. The minimum Gasteiger partial charge on any atom is -0.493 e. The van der Waals surface area contributed by atoms with Crippen LogP contribution < -0.4 is 10.5 Å². The number of hydrogen-bond acceptors (Lipinski definition) is 3. The quantitative estimate of drug-likeness (QED) is 0.795. The largest absolute Gasteiger partial charge is 0.493 e. The van der Waals surface area contributed by atoms with Gasteiger partial charge in [-0.3, -0.25) is 4.79 Å². The third kappa shape index (κ3) is 4.87. The zero-order valence-corrected chi connectivity index (χ0v) is 10.2. The average molecular weight is 237 g/mol. The topological polar surface area (TPSA) is 72.5 Å². The van der Waals surface area contributed by atoms with E-state index < -0.39 is 12.0 Å². The van der Waals surface area contributed by atoms with Crippen LogP contribution in [-0.4, -0.2) is 17.7 Å². The van der Waals surface area contributed by atoms with Crippen LogP contribution in [0.25, 0.3) is 0 Å². The van der Waals surface area contributed by atoms with Gasteiger partial charge in [0.25, 0.3) is 0 Å². The highest BCUT2D eigenvalue weighted by atomic mass is 16.5. The van der Waals surface area contributed by atoms with Crippen LogP contribution in [0.3, 0.4) is 0 Å². The maximum Gasteiger partial charge on any atom is 0.305 e. The number of hydrogen-bond donors (Lipinski definition) is 2. The Morgan fingerprint density at radius 2 is 1.94 bits per heavy atom. The van der Waals surface area contributed by atoms with E-state index >= 15 is 0 Å². The highest BCUT2D eigenvalue weighted by Crippen LogP contribution is 2.18. The van der Waals surface area contributed by atoms with Crippen LogP contribution in [0.15, 0.2) is 24.3 Å². The summed E-state index contributed by atoms with van der Waals surface area (Å²) in [6, 6.07) is 6.79. The Bertz CT molecular complexity index is 359. The molecule has 0 saturated carbocycles. The Kier molecular flexibility index (Phi) is 4.97. The first-order valence-corrected chi connectivity index (χ1v) is 5.69. The number of nitrogens with two attached hydrogens (primary N) is 1. The first-order valence-electron chi connectivity index (χ1n) is 5.69. The van der Waals surface area contributed by atoms with Crippen LogP contribution in [0.1, 0.15) is 31.9 Å². The van der Waals surface area contributed by atoms with Crippen LogP contribution in [-0.2, 0) is 4.79 Å². The maximum atomic E-state index is 10.5. The second kappa shape index (κ2) is 6.25. The Balaban J connectivity index is 2.58. The van der Waals surface area contributed by atoms with Crippen LogP contribution in [0.2, 0.25) is 0 Å². The van der Waals surface area contributed by atoms with Crippen molar-refractivity contribution in [1.82, 2.24) is 0 Å². The summed E-state index contributed by atoms with van der Waals surface area (Å²) < 4.78 is 5.53. The van der Waals surface area contributed by atoms with Gasteiger partial charge in [0.2, 0.25) is 0 Å². The molecule has 1 unspecified atom stereocenters. The van der Waals surface area contributed by atoms with Gasteiger partial charge in [0.15, 0.2) is 0 Å². The van der Waals surface area contributed by atoms with Crippen molar-refractivity contribution in [2.75, 3.05) is 6.61 Å². The molecular formula is C13H19NO3. The normalized spacial score (nSPS) is 12.5. The van der Waals surface area contributed by atoms with Crippen molar-refractivity contribution < 1.29 is 14.6 Å². The smallest absolute Gasteiger partial charge is 0.305 e. The molecule has 0 aliphatic rings. The van der Waals surface area contributed by atoms with Gasteiger partial charge in [-0.2, -0.15) is 0 Å². The van der Waals surface area contributed by atoms with E-state index in [0.717, 1.165) is 11.3 Å². The van der Waals surface area contributed by atoms with Gasteiger partial charge in [-0.1, -0.05) is 26.0 Å². The summed E-state index contributed by atoms with van der Waals surface area (Å²) >= 11 is 0. The third-order valence-electron chi connectivity index (χ3n) is 2.29. The van der Waals surface area contributed by atoms with E-state index in [2.05, 4.69) is 13.8 Å². The molecule has 0 saturated heterocycles. The molecule has 0 radical (unpaired) electrons. The summed E-state index contributed by atoms with van der Waals surface area (Å²) in [7, 11) is 0. The molecule has 0 aromatic heterocycles. The van der Waals surface area contributed by atoms with E-state index in [1.165, 1.54) is 0 Å². The van der Waals surface area contributed by atoms with E-state index in [4.69, 9.17) is 15.6 Å². The first kappa shape index (κ1) is 13.5. The van der Waals surface area contributed by atoms with Gasteiger partial charge in [-0.05, 0) is 23.6 Å². The van der Waals surface area contributed by atoms with Gasteiger partial charge in [0.1, 0.15) is 5.75 Å². The van der Waals surface area contributed by atoms with Crippen LogP contribution in [0, 0.1) is 5.92 Å². The maximum absolute atomic E-state index is 10.5. The molecule has 4 nitrogen and oxygen atoms in total. The molecule has 0 aliphatic heterocycles. The predicted molar refractivity (Wildman–Crippen MR) is 66.0 cm³/mol. The van der Waals surface area contributed by atoms with Crippen molar-refractivity contribution in [3.63, 3.8) is 0 Å². The van der Waals surface area contributed by atoms with Crippen molar-refractivity contribution in [2.45, 2.75) is 26.3 Å². The Hall–Kier alpha value is -1.55. The Labute approximate surface area is 101 Å². The minimum absolute atomic E-state index is 0.0633. The molecule has 0 aliphatic carbocycles. The van der Waals surface area contributed by atoms with Crippen molar-refractivity contribution in [3.05, 3.63) is 29.8 Å². The lowest BCUT2D eigenvalue weighted by Crippen LogP contribution is -2.14. The van der Waals surface area contributed by atoms with Crippen molar-refractivity contribution in [2.24, 2.45) is 11.7 Å². The van der Waals surface area contributed by atoms with Crippen molar-refractivity contribution >= 4 is 5.97 Å². The van der Waals surface area contributed by atoms with Gasteiger partial charge in [0.05, 0.1) is 13.0 Å². The number of ether oxygens (including phenoxy) is 1. The summed E-state index contributed by atoms with van der Waals surface area (Å²) in [5.74, 6) is 0.367. The zero-order chi connectivity index (χ0) is 12.8. The SMILES string of the molecule is CC(C)COc1ccc(C(N)CC(=O)O)cc1. The molecule has 1 aromatic rings. The van der Waals surface area contributed by atoms with Gasteiger partial charge in [0, 0.05) is 6.04 Å². The second-order valence-electron chi connectivity index (χ2n) is 4.48. The molecule has 94 valence electrons. The molecule has 1 atom stereocenters. The van der Waals surface area contributed by atoms with E-state index in [0.29, 0.717) is 12.5 Å². The number of carbonyl (C=O) groups is 1. The fraction of sp³-hybridized carbons (Fsp3) is 0.462. The lowest BCUT2D eigenvalue weighted by atomic mass is 10.0. The van der Waals surface area contributed by atoms with Crippen LogP contribution >= 0.6 is 0 Å². The van der Waals surface area contributed by atoms with Crippen LogP contribution in [0.4, 0.5) is 0 Å². The molecular weight excluding hydrogens is 218 g/mol. The first-order chi connectivity index (χ1) is 7.99. The molecule has 0 amide bonds. The van der Waals surface area contributed by atoms with Gasteiger partial charge in [-0.25, -0.2) is 0 Å². The summed E-state index contributed by atoms with van der Waals surface area (Å²) in [5, 5.41) is 8.64. The number of carboxylic acids is 1. The molecule has 0 fully saturated rings. The molecule has 17 heavy (non-hydrogen) atoms. The molecule has 3 N–H and O–H groups in total. The molecule has 1 aromatic carbocycles. The number of benzene rings is 1. The molecule has 0 bridgehead atoms. The van der Waals surface area contributed by atoms with Crippen molar-refractivity contribution in [3.8, 4) is 5.75 Å². The Morgan fingerprint density at radius 1 is 1.35 bits per heavy atom. The fourth-order valence-corrected chi connectivity index (χ4v) is 1.38. The summed E-state index contributed by atoms with van der Waals surface area (Å²) in [6.07, 6.45) is -0.0633. The highest BCUT2D eigenvalue weighted by molar-refractivity contribution is 5.67. The van der Waals surface area contributed by atoms with Gasteiger partial charge in [-0.15, -0.1) is 0 Å². The van der Waals surface area contributed by atoms with E-state index in [9.17, 15) is 4.79 Å². The number of rotatable bonds is 6. The van der Waals surface area contributed by atoms with E-state index in [1.807, 2.05) is 24.3 Å². The van der Waals surface area contributed by atoms with E-state index in [1.54, 1.807) is 0 Å². The predicted octanol–water partition coefficient (Wildman–Crippen LogP) is 2.20. The van der Waals surface area contributed by atoms with Crippen molar-refractivity contribution in [1.29, 1.82) is 0 Å². The summed E-state index contributed by atoms with van der Waals surface area (Å²) in [6.45, 7) is 4.83. The fourth-order valence-electron chi connectivity index (χ4n) is 1.38. The average Bonchev–Trinajstić information content (AvgIpc) is 2.26. The second-order valence-corrected chi connectivity index (χ2v) is 4.48. The van der Waals surface area contributed by atoms with Gasteiger partial charge < -0.3 is 15.6 Å². The number of aliphatic carboxylic acids is 1. The molecule has 1 rings (SSSR count). The summed E-state index contributed by atoms with van der Waals surface area (Å²) in [5.41, 5.74) is 6.56. The lowest BCUT2D eigenvalue weighted by Gasteiger charge is -2.12. The molecule has 4 heteroatoms. The minimum atomic E-state index is -0.891. The standard InChI is InChI=1S/C13H19NO3/c1-9(2)8-17-11-5-3-10(4-6-11)12(14)7-13(15)16/h3-6,9,12H,7-8,14H2,1-2H3,(H,15,16). The zero-order valence-electron chi connectivity index (χ0n) is 10.2. The monoisotopic (exact) mass is 237 g/mol. The number of carboxylic acid groups (broad SMARTS) is 1. The van der Waals surface area contributed by atoms with Crippen LogP contribution in [0.5, 0.6) is 5.75 Å². The third-order valence-corrected chi connectivity index (χ3v) is 2.29. The molecule has 0 spiro atoms. The Morgan fingerprint density at radius 3 is 2.41 bits per heavy atom.